The number of aromatic nitrogens is 2. The fourth-order valence-electron chi connectivity index (χ4n) is 3.17. The number of hydrogen-bond acceptors (Lipinski definition) is 4. The lowest BCUT2D eigenvalue weighted by molar-refractivity contribution is -0.136. The SMILES string of the molecule is Cc1cnn([C@H](C)[C@H](C)N[C@H](C)C(=O)N2CCC[C@@H](C(N)=O)C2)c1. The standard InChI is InChI=1S/C17H29N5O2/c1-11-8-19-22(9-11)14(4)12(2)20-13(3)17(24)21-7-5-6-15(10-21)16(18)23/h8-9,12-15,20H,5-7,10H2,1-4H3,(H2,18,23)/t12-,13+,14+,15+/m0/s1. The summed E-state index contributed by atoms with van der Waals surface area (Å²) < 4.78 is 1.91. The van der Waals surface area contributed by atoms with Crippen molar-refractivity contribution >= 4 is 11.8 Å². The Hall–Kier alpha value is -1.89. The Labute approximate surface area is 143 Å². The summed E-state index contributed by atoms with van der Waals surface area (Å²) >= 11 is 0. The highest BCUT2D eigenvalue weighted by Gasteiger charge is 2.30. The molecule has 0 unspecified atom stereocenters. The zero-order valence-electron chi connectivity index (χ0n) is 15.0. The third kappa shape index (κ3) is 4.35. The van der Waals surface area contributed by atoms with Gasteiger partial charge >= 0.3 is 0 Å². The molecule has 0 spiro atoms. The van der Waals surface area contributed by atoms with Crippen LogP contribution in [0.1, 0.15) is 45.2 Å². The molecule has 2 rings (SSSR count). The van der Waals surface area contributed by atoms with E-state index in [1.807, 2.05) is 37.8 Å². The number of carbonyl (C=O) groups is 2. The maximum Gasteiger partial charge on any atom is 0.239 e. The molecule has 0 radical (unpaired) electrons. The van der Waals surface area contributed by atoms with Gasteiger partial charge in [-0.1, -0.05) is 0 Å². The molecule has 0 aromatic carbocycles. The molecule has 24 heavy (non-hydrogen) atoms. The van der Waals surface area contributed by atoms with Crippen LogP contribution in [-0.4, -0.2) is 51.7 Å². The van der Waals surface area contributed by atoms with Gasteiger partial charge < -0.3 is 16.0 Å². The van der Waals surface area contributed by atoms with Crippen LogP contribution in [0.2, 0.25) is 0 Å². The number of carbonyl (C=O) groups excluding carboxylic acids is 2. The van der Waals surface area contributed by atoms with Crippen molar-refractivity contribution in [2.75, 3.05) is 13.1 Å². The molecule has 1 aliphatic heterocycles. The molecule has 4 atom stereocenters. The van der Waals surface area contributed by atoms with Gasteiger partial charge in [0.05, 0.1) is 24.2 Å². The van der Waals surface area contributed by atoms with Crippen molar-refractivity contribution in [1.82, 2.24) is 20.0 Å². The zero-order chi connectivity index (χ0) is 17.9. The Balaban J connectivity index is 1.91. The van der Waals surface area contributed by atoms with Crippen LogP contribution >= 0.6 is 0 Å². The summed E-state index contributed by atoms with van der Waals surface area (Å²) in [6.07, 6.45) is 5.42. The number of nitrogens with zero attached hydrogens (tertiary/aromatic N) is 3. The van der Waals surface area contributed by atoms with E-state index in [2.05, 4.69) is 17.3 Å². The van der Waals surface area contributed by atoms with Crippen LogP contribution in [0, 0.1) is 12.8 Å². The molecule has 2 heterocycles. The van der Waals surface area contributed by atoms with Crippen LogP contribution < -0.4 is 11.1 Å². The van der Waals surface area contributed by atoms with Crippen molar-refractivity contribution in [2.24, 2.45) is 11.7 Å². The Morgan fingerprint density at radius 2 is 2.08 bits per heavy atom. The Morgan fingerprint density at radius 3 is 2.67 bits per heavy atom. The van der Waals surface area contributed by atoms with E-state index in [4.69, 9.17) is 5.73 Å². The van der Waals surface area contributed by atoms with E-state index >= 15 is 0 Å². The van der Waals surface area contributed by atoms with Crippen molar-refractivity contribution in [1.29, 1.82) is 0 Å². The van der Waals surface area contributed by atoms with E-state index in [-0.39, 0.29) is 35.9 Å². The Morgan fingerprint density at radius 1 is 1.38 bits per heavy atom. The van der Waals surface area contributed by atoms with Gasteiger partial charge in [0, 0.05) is 25.3 Å². The molecule has 0 bridgehead atoms. The summed E-state index contributed by atoms with van der Waals surface area (Å²) in [5.41, 5.74) is 6.51. The number of rotatable bonds is 6. The highest BCUT2D eigenvalue weighted by Crippen LogP contribution is 2.17. The first-order chi connectivity index (χ1) is 11.3. The molecular formula is C17H29N5O2. The quantitative estimate of drug-likeness (QED) is 0.806. The molecule has 0 saturated carbocycles. The number of nitrogens with one attached hydrogen (secondary N) is 1. The monoisotopic (exact) mass is 335 g/mol. The maximum absolute atomic E-state index is 12.7. The van der Waals surface area contributed by atoms with E-state index in [1.54, 1.807) is 4.90 Å². The van der Waals surface area contributed by atoms with Crippen LogP contribution in [0.4, 0.5) is 0 Å². The lowest BCUT2D eigenvalue weighted by Crippen LogP contribution is -2.52. The molecule has 0 aliphatic carbocycles. The minimum atomic E-state index is -0.316. The molecule has 134 valence electrons. The summed E-state index contributed by atoms with van der Waals surface area (Å²) in [4.78, 5) is 25.8. The predicted molar refractivity (Wildman–Crippen MR) is 92.2 cm³/mol. The minimum absolute atomic E-state index is 0.0247. The lowest BCUT2D eigenvalue weighted by Gasteiger charge is -2.34. The largest absolute Gasteiger partial charge is 0.369 e. The molecular weight excluding hydrogens is 306 g/mol. The second-order valence-electron chi connectivity index (χ2n) is 6.94. The van der Waals surface area contributed by atoms with E-state index in [1.165, 1.54) is 0 Å². The number of hydrogen-bond donors (Lipinski definition) is 2. The number of amides is 2. The van der Waals surface area contributed by atoms with Crippen molar-refractivity contribution in [3.63, 3.8) is 0 Å². The van der Waals surface area contributed by atoms with Crippen LogP contribution in [0.3, 0.4) is 0 Å². The minimum Gasteiger partial charge on any atom is -0.369 e. The Kier molecular flexibility index (Phi) is 5.99. The van der Waals surface area contributed by atoms with Crippen molar-refractivity contribution < 1.29 is 9.59 Å². The van der Waals surface area contributed by atoms with E-state index in [9.17, 15) is 9.59 Å². The second-order valence-corrected chi connectivity index (χ2v) is 6.94. The van der Waals surface area contributed by atoms with E-state index in [0.717, 1.165) is 18.4 Å². The molecule has 7 nitrogen and oxygen atoms in total. The summed E-state index contributed by atoms with van der Waals surface area (Å²) in [5, 5.41) is 7.70. The topological polar surface area (TPSA) is 93.2 Å². The average molecular weight is 335 g/mol. The van der Waals surface area contributed by atoms with Gasteiger partial charge in [-0.15, -0.1) is 0 Å². The first kappa shape index (κ1) is 18.4. The van der Waals surface area contributed by atoms with Crippen LogP contribution in [0.25, 0.3) is 0 Å². The van der Waals surface area contributed by atoms with Gasteiger partial charge in [-0.05, 0) is 46.1 Å². The summed E-state index contributed by atoms with van der Waals surface area (Å²) in [7, 11) is 0. The molecule has 1 saturated heterocycles. The molecule has 3 N–H and O–H groups in total. The van der Waals surface area contributed by atoms with Gasteiger partial charge in [0.1, 0.15) is 0 Å². The first-order valence-corrected chi connectivity index (χ1v) is 8.64. The van der Waals surface area contributed by atoms with Crippen molar-refractivity contribution in [2.45, 2.75) is 58.7 Å². The molecule has 1 aliphatic rings. The highest BCUT2D eigenvalue weighted by atomic mass is 16.2. The summed E-state index contributed by atoms with van der Waals surface area (Å²) in [5.74, 6) is -0.515. The number of piperidine rings is 1. The molecule has 1 fully saturated rings. The average Bonchev–Trinajstić information content (AvgIpc) is 2.99. The highest BCUT2D eigenvalue weighted by molar-refractivity contribution is 5.83. The van der Waals surface area contributed by atoms with Crippen molar-refractivity contribution in [3.05, 3.63) is 18.0 Å². The van der Waals surface area contributed by atoms with Gasteiger partial charge in [-0.25, -0.2) is 0 Å². The molecule has 2 amide bonds. The fraction of sp³-hybridized carbons (Fsp3) is 0.706. The fourth-order valence-corrected chi connectivity index (χ4v) is 3.17. The van der Waals surface area contributed by atoms with Crippen LogP contribution in [-0.2, 0) is 9.59 Å². The third-order valence-electron chi connectivity index (χ3n) is 4.89. The van der Waals surface area contributed by atoms with Gasteiger partial charge in [0.2, 0.25) is 11.8 Å². The third-order valence-corrected chi connectivity index (χ3v) is 4.89. The zero-order valence-corrected chi connectivity index (χ0v) is 15.0. The number of likely N-dealkylation sites (tertiary alicyclic amines) is 1. The number of aryl methyl sites for hydroxylation is 1. The first-order valence-electron chi connectivity index (χ1n) is 8.64. The summed E-state index contributed by atoms with van der Waals surface area (Å²) in [6.45, 7) is 9.12. The number of nitrogens with two attached hydrogens (primary N) is 1. The summed E-state index contributed by atoms with van der Waals surface area (Å²) in [6, 6.07) is -0.0978. The lowest BCUT2D eigenvalue weighted by atomic mass is 9.97. The Bertz CT molecular complexity index is 585. The van der Waals surface area contributed by atoms with E-state index in [0.29, 0.717) is 13.1 Å². The van der Waals surface area contributed by atoms with Gasteiger partial charge in [-0.2, -0.15) is 5.10 Å². The van der Waals surface area contributed by atoms with Gasteiger partial charge in [-0.3, -0.25) is 14.3 Å². The van der Waals surface area contributed by atoms with Crippen molar-refractivity contribution in [3.8, 4) is 0 Å². The molecule has 1 aromatic rings. The van der Waals surface area contributed by atoms with Crippen LogP contribution in [0.5, 0.6) is 0 Å². The van der Waals surface area contributed by atoms with Crippen LogP contribution in [0.15, 0.2) is 12.4 Å². The maximum atomic E-state index is 12.7. The van der Waals surface area contributed by atoms with Gasteiger partial charge in [0.15, 0.2) is 0 Å². The molecule has 1 aromatic heterocycles. The molecule has 7 heteroatoms. The predicted octanol–water partition coefficient (Wildman–Crippen LogP) is 0.843. The normalized spacial score (nSPS) is 22.0. The second kappa shape index (κ2) is 7.79. The van der Waals surface area contributed by atoms with Gasteiger partial charge in [0.25, 0.3) is 0 Å². The van der Waals surface area contributed by atoms with E-state index < -0.39 is 0 Å². The smallest absolute Gasteiger partial charge is 0.239 e. The number of primary amides is 1.